The number of aliphatic hydroxyl groups is 2. The number of aliphatic hydroxyl groups excluding tert-OH is 2. The normalized spacial score (nSPS) is 20.1. The first-order chi connectivity index (χ1) is 41.3. The lowest BCUT2D eigenvalue weighted by atomic mass is 9.87. The van der Waals surface area contributed by atoms with E-state index in [-0.39, 0.29) is 83.0 Å². The second-order valence-electron chi connectivity index (χ2n) is 30.8. The monoisotopic (exact) mass is 1300 g/mol. The predicted molar refractivity (Wildman–Crippen MR) is 354 cm³/mol. The number of nitrogens with one attached hydrogen (secondary N) is 1. The van der Waals surface area contributed by atoms with Crippen molar-refractivity contribution < 1.29 is 66.3 Å². The van der Waals surface area contributed by atoms with Gasteiger partial charge in [-0.3, -0.25) is 0 Å². The molecule has 7 unspecified atom stereocenters. The highest BCUT2D eigenvalue weighted by Gasteiger charge is 2.42. The van der Waals surface area contributed by atoms with Gasteiger partial charge < -0.3 is 74.4 Å². The lowest BCUT2D eigenvalue weighted by molar-refractivity contribution is -0.111. The van der Waals surface area contributed by atoms with Crippen LogP contribution in [0, 0.1) is 52.6 Å². The Morgan fingerprint density at radius 2 is 1.18 bits per heavy atom. The molecule has 6 rings (SSSR count). The molecule has 3 aliphatic rings. The van der Waals surface area contributed by atoms with Gasteiger partial charge in [-0.25, -0.2) is 32.9 Å². The highest BCUT2D eigenvalue weighted by molar-refractivity contribution is 6.76. The highest BCUT2D eigenvalue weighted by atomic mass is 28.4. The minimum absolute atomic E-state index is 0.0623. The van der Waals surface area contributed by atoms with Crippen molar-refractivity contribution in [2.45, 2.75) is 177 Å². The Kier molecular flexibility index (Phi) is 29.2. The van der Waals surface area contributed by atoms with Gasteiger partial charge in [0.1, 0.15) is 40.5 Å². The summed E-state index contributed by atoms with van der Waals surface area (Å²) in [5.74, 6) is -0.305. The van der Waals surface area contributed by atoms with E-state index < -0.39 is 57.0 Å². The van der Waals surface area contributed by atoms with Crippen molar-refractivity contribution in [2.24, 2.45) is 52.4 Å². The summed E-state index contributed by atoms with van der Waals surface area (Å²) in [6.07, 6.45) is 1.06. The number of carbonyl (C=O) groups excluding carboxylic acids is 5. The van der Waals surface area contributed by atoms with Crippen LogP contribution in [0.15, 0.2) is 54.7 Å². The van der Waals surface area contributed by atoms with Gasteiger partial charge in [-0.1, -0.05) is 91.5 Å². The minimum Gasteiger partial charge on any atom is -0.450 e. The molecule has 3 aromatic rings. The quantitative estimate of drug-likeness (QED) is 0.0507. The van der Waals surface area contributed by atoms with Gasteiger partial charge in [-0.15, -0.1) is 0 Å². The third-order valence-electron chi connectivity index (χ3n) is 16.0. The summed E-state index contributed by atoms with van der Waals surface area (Å²) in [4.78, 5) is 68.6. The zero-order valence-corrected chi connectivity index (χ0v) is 59.8. The van der Waals surface area contributed by atoms with E-state index >= 15 is 0 Å². The average molecular weight is 1300 g/mol. The summed E-state index contributed by atoms with van der Waals surface area (Å²) in [6, 6.07) is 13.8. The number of hydrogen-bond donors (Lipinski definition) is 5. The number of imidazole rings is 1. The zero-order valence-electron chi connectivity index (χ0n) is 57.8. The number of rotatable bonds is 16. The number of nitrogens with zero attached hydrogens (tertiary/aromatic N) is 5. The summed E-state index contributed by atoms with van der Waals surface area (Å²) >= 11 is 0. The summed E-state index contributed by atoms with van der Waals surface area (Å²) in [5.41, 5.74) is 11.9. The SMILES string of the molecule is CC(C)(C)C(N)c1nc(-c2cc(F)ccc2F)cn1Cc1ccccc1.CC(C)(C)OC(=O)N1CC(C=O)C(CNC(=O)OCC[Si](C)(C)C)C1.CC(C)(C)OC(=O)N1CC(CN)C(CO)C1.CC(C)(C)OC(=O)N1CC(CO)C(CO[Si](C)(C)C(C)(C)C)C1. The van der Waals surface area contributed by atoms with E-state index in [9.17, 15) is 37.9 Å². The van der Waals surface area contributed by atoms with Crippen molar-refractivity contribution in [1.82, 2.24) is 29.6 Å². The van der Waals surface area contributed by atoms with Gasteiger partial charge in [0, 0.05) is 122 Å². The number of nitrogens with two attached hydrogens (primary N) is 2. The number of alkyl carbamates (subject to hydrolysis) is 1. The average Bonchev–Trinajstić information content (AvgIpc) is 1.68. The molecule has 0 aliphatic carbocycles. The Balaban J connectivity index is 0.000000318. The summed E-state index contributed by atoms with van der Waals surface area (Å²) in [6.45, 7) is 45.8. The number of halogens is 2. The van der Waals surface area contributed by atoms with Crippen molar-refractivity contribution in [3.05, 3.63) is 77.8 Å². The number of likely N-dealkylation sites (tertiary alicyclic amines) is 3. The molecule has 3 saturated heterocycles. The molecule has 3 aliphatic heterocycles. The molecule has 0 spiro atoms. The molecule has 4 heterocycles. The van der Waals surface area contributed by atoms with E-state index in [2.05, 4.69) is 63.8 Å². The maximum absolute atomic E-state index is 14.2. The Hall–Kier alpha value is -5.51. The molecule has 4 amide bonds. The van der Waals surface area contributed by atoms with Crippen molar-refractivity contribution in [3.63, 3.8) is 0 Å². The van der Waals surface area contributed by atoms with Crippen molar-refractivity contribution in [2.75, 3.05) is 78.8 Å². The summed E-state index contributed by atoms with van der Waals surface area (Å²) in [5, 5.41) is 21.7. The van der Waals surface area contributed by atoms with Crippen LogP contribution in [-0.4, -0.2) is 177 Å². The predicted octanol–water partition coefficient (Wildman–Crippen LogP) is 11.6. The van der Waals surface area contributed by atoms with Crippen molar-refractivity contribution in [1.29, 1.82) is 0 Å². The lowest BCUT2D eigenvalue weighted by Gasteiger charge is -2.37. The molecule has 0 bridgehead atoms. The molecule has 0 radical (unpaired) electrons. The zero-order chi connectivity index (χ0) is 68.5. The Morgan fingerprint density at radius 3 is 1.62 bits per heavy atom. The molecule has 1 aromatic heterocycles. The molecule has 3 fully saturated rings. The maximum Gasteiger partial charge on any atom is 0.410 e. The molecule has 20 nitrogen and oxygen atoms in total. The van der Waals surface area contributed by atoms with Gasteiger partial charge in [-0.05, 0) is 128 Å². The second kappa shape index (κ2) is 33.4. The minimum atomic E-state index is -1.82. The molecule has 90 heavy (non-hydrogen) atoms. The van der Waals surface area contributed by atoms with Crippen LogP contribution in [0.4, 0.5) is 28.0 Å². The second-order valence-corrected chi connectivity index (χ2v) is 41.3. The molecular weight excluding hydrogens is 1190 g/mol. The van der Waals surface area contributed by atoms with Crippen LogP contribution in [0.5, 0.6) is 0 Å². The molecule has 2 aromatic carbocycles. The van der Waals surface area contributed by atoms with Gasteiger partial charge in [0.15, 0.2) is 8.32 Å². The van der Waals surface area contributed by atoms with Gasteiger partial charge in [-0.2, -0.15) is 0 Å². The van der Waals surface area contributed by atoms with Crippen LogP contribution in [-0.2, 0) is 34.7 Å². The topological polar surface area (TPSA) is 264 Å². The summed E-state index contributed by atoms with van der Waals surface area (Å²) in [7, 11) is -3.06. The number of benzene rings is 2. The van der Waals surface area contributed by atoms with Gasteiger partial charge in [0.25, 0.3) is 0 Å². The number of ether oxygens (including phenoxy) is 4. The number of aldehydes is 1. The smallest absolute Gasteiger partial charge is 0.410 e. The van der Waals surface area contributed by atoms with E-state index in [1.54, 1.807) is 36.8 Å². The number of aromatic nitrogens is 2. The van der Waals surface area contributed by atoms with E-state index in [0.717, 1.165) is 36.1 Å². The fourth-order valence-corrected chi connectivity index (χ4v) is 11.3. The van der Waals surface area contributed by atoms with Gasteiger partial charge in [0.2, 0.25) is 0 Å². The fraction of sp³-hybridized carbons (Fsp3) is 0.697. The van der Waals surface area contributed by atoms with E-state index in [1.165, 1.54) is 4.90 Å². The van der Waals surface area contributed by atoms with E-state index in [0.29, 0.717) is 83.6 Å². The Labute approximate surface area is 537 Å². The fourth-order valence-electron chi connectivity index (χ4n) is 9.48. The van der Waals surface area contributed by atoms with Gasteiger partial charge >= 0.3 is 24.4 Å². The third kappa shape index (κ3) is 26.6. The lowest BCUT2D eigenvalue weighted by Crippen LogP contribution is -2.43. The third-order valence-corrected chi connectivity index (χ3v) is 22.2. The summed E-state index contributed by atoms with van der Waals surface area (Å²) < 4.78 is 57.3. The van der Waals surface area contributed by atoms with Crippen LogP contribution in [0.25, 0.3) is 11.3 Å². The number of hydrogen-bond acceptors (Lipinski definition) is 15. The first-order valence-electron chi connectivity index (χ1n) is 31.5. The van der Waals surface area contributed by atoms with Crippen molar-refractivity contribution >= 4 is 47.1 Å². The van der Waals surface area contributed by atoms with Crippen LogP contribution in [0.2, 0.25) is 43.8 Å². The van der Waals surface area contributed by atoms with Crippen LogP contribution in [0.3, 0.4) is 0 Å². The first kappa shape index (κ1) is 78.7. The molecule has 7 N–H and O–H groups in total. The molecule has 24 heteroatoms. The molecule has 7 atom stereocenters. The number of carbonyl (C=O) groups is 5. The maximum atomic E-state index is 14.2. The highest BCUT2D eigenvalue weighted by Crippen LogP contribution is 2.38. The largest absolute Gasteiger partial charge is 0.450 e. The van der Waals surface area contributed by atoms with Crippen LogP contribution >= 0.6 is 0 Å². The molecule has 0 saturated carbocycles. The van der Waals surface area contributed by atoms with Crippen LogP contribution < -0.4 is 16.8 Å². The van der Waals surface area contributed by atoms with E-state index in [1.807, 2.05) is 97.2 Å². The van der Waals surface area contributed by atoms with Crippen molar-refractivity contribution in [3.8, 4) is 11.3 Å². The van der Waals surface area contributed by atoms with E-state index in [4.69, 9.17) is 39.9 Å². The number of amides is 4. The standard InChI is InChI=1S/C21H23F2N3.C17H32N2O5Si.C17H35NO4Si.C11H22N2O3/c1-21(2,3)19(24)20-25-18(16-11-15(22)9-10-17(16)23)13-26(20)12-14-7-5-4-6-8-14;1-17(2,3)24-16(22)19-10-13(14(11-19)12-20)9-18-15(21)23-7-8-25(4,5)6;1-16(2,3)22-15(20)18-9-13(11-19)14(10-18)12-21-23(7,8)17(4,5)6;1-11(2,3)16-10(15)13-5-8(4-12)9(6-13)7-14/h4-11,13,19H,12,24H2,1-3H3;12-14H,7-11H2,1-6H3,(H,18,21);13-14,19H,9-12H2,1-8H3;8-9,14H,4-7,12H2,1-3H3. The Bertz CT molecular complexity index is 2740. The van der Waals surface area contributed by atoms with Gasteiger partial charge in [0.05, 0.1) is 18.3 Å². The van der Waals surface area contributed by atoms with Crippen LogP contribution in [0.1, 0.15) is 121 Å². The Morgan fingerprint density at radius 1 is 0.700 bits per heavy atom. The molecule has 510 valence electrons. The molecular formula is C66H112F2N8O12Si2. The first-order valence-corrected chi connectivity index (χ1v) is 38.1.